The van der Waals surface area contributed by atoms with E-state index in [1.807, 2.05) is 13.8 Å². The minimum Gasteiger partial charge on any atom is -0.481 e. The summed E-state index contributed by atoms with van der Waals surface area (Å²) >= 11 is 0. The van der Waals surface area contributed by atoms with Crippen LogP contribution in [0.4, 0.5) is 0 Å². The van der Waals surface area contributed by atoms with Crippen molar-refractivity contribution in [2.24, 2.45) is 0 Å². The molecule has 1 heterocycles. The Balaban J connectivity index is 1.91. The van der Waals surface area contributed by atoms with Crippen LogP contribution < -0.4 is 0 Å². The number of aliphatic carboxylic acids is 1. The third-order valence-corrected chi connectivity index (χ3v) is 5.78. The first-order chi connectivity index (χ1) is 12.9. The zero-order valence-electron chi connectivity index (χ0n) is 18.2. The molecule has 160 valence electrons. The third-order valence-electron chi connectivity index (χ3n) is 5.78. The molecule has 1 rings (SSSR count). The molecule has 2 atom stereocenters. The van der Waals surface area contributed by atoms with Gasteiger partial charge in [0.25, 0.3) is 0 Å². The molecular formula is C23H44O4. The lowest BCUT2D eigenvalue weighted by atomic mass is 9.85. The summed E-state index contributed by atoms with van der Waals surface area (Å²) in [6.07, 6.45) is 20.6. The molecule has 0 saturated carbocycles. The van der Waals surface area contributed by atoms with E-state index in [9.17, 15) is 4.79 Å². The molecule has 1 N–H and O–H groups in total. The number of hydrogen-bond donors (Lipinski definition) is 1. The van der Waals surface area contributed by atoms with Crippen molar-refractivity contribution in [3.63, 3.8) is 0 Å². The van der Waals surface area contributed by atoms with E-state index in [1.54, 1.807) is 0 Å². The van der Waals surface area contributed by atoms with E-state index in [0.29, 0.717) is 6.42 Å². The fourth-order valence-corrected chi connectivity index (χ4v) is 4.29. The van der Waals surface area contributed by atoms with Gasteiger partial charge in [-0.05, 0) is 20.3 Å². The molecule has 0 bridgehead atoms. The maximum absolute atomic E-state index is 10.9. The highest BCUT2D eigenvalue weighted by atomic mass is 17.2. The van der Waals surface area contributed by atoms with E-state index in [0.717, 1.165) is 12.8 Å². The Hall–Kier alpha value is -0.610. The van der Waals surface area contributed by atoms with Crippen LogP contribution in [0, 0.1) is 0 Å². The lowest BCUT2D eigenvalue weighted by Crippen LogP contribution is -2.30. The smallest absolute Gasteiger partial charge is 0.306 e. The fourth-order valence-electron chi connectivity index (χ4n) is 4.29. The lowest BCUT2D eigenvalue weighted by molar-refractivity contribution is -0.345. The highest BCUT2D eigenvalue weighted by Gasteiger charge is 2.47. The number of carboxylic acid groups (broad SMARTS) is 1. The van der Waals surface area contributed by atoms with Gasteiger partial charge in [-0.15, -0.1) is 0 Å². The van der Waals surface area contributed by atoms with E-state index >= 15 is 0 Å². The van der Waals surface area contributed by atoms with Gasteiger partial charge in [-0.3, -0.25) is 4.79 Å². The normalized spacial score (nSPS) is 25.1. The SMILES string of the molecule is CCCCCCCCCCCCCCCC[C@]1(C)C[C@@](C)(CC(=O)O)OO1. The van der Waals surface area contributed by atoms with E-state index in [4.69, 9.17) is 14.9 Å². The van der Waals surface area contributed by atoms with Crippen LogP contribution in [0.2, 0.25) is 0 Å². The van der Waals surface area contributed by atoms with Gasteiger partial charge >= 0.3 is 5.97 Å². The largest absolute Gasteiger partial charge is 0.481 e. The van der Waals surface area contributed by atoms with Crippen molar-refractivity contribution in [3.8, 4) is 0 Å². The standard InChI is InChI=1S/C23H44O4/c1-4-5-6-7-8-9-10-11-12-13-14-15-16-17-18-22(2)20-23(3,27-26-22)19-21(24)25/h4-20H2,1-3H3,(H,24,25)/t22-,23-/m1/s1. The maximum atomic E-state index is 10.9. The van der Waals surface area contributed by atoms with Crippen LogP contribution >= 0.6 is 0 Å². The molecule has 27 heavy (non-hydrogen) atoms. The van der Waals surface area contributed by atoms with Crippen LogP contribution in [0.1, 0.15) is 130 Å². The van der Waals surface area contributed by atoms with Gasteiger partial charge in [-0.2, -0.15) is 0 Å². The summed E-state index contributed by atoms with van der Waals surface area (Å²) in [6, 6.07) is 0. The Morgan fingerprint density at radius 1 is 0.741 bits per heavy atom. The topological polar surface area (TPSA) is 55.8 Å². The van der Waals surface area contributed by atoms with Gasteiger partial charge in [0.05, 0.1) is 6.42 Å². The summed E-state index contributed by atoms with van der Waals surface area (Å²) < 4.78 is 0. The highest BCUT2D eigenvalue weighted by molar-refractivity contribution is 5.68. The molecule has 0 amide bonds. The van der Waals surface area contributed by atoms with E-state index < -0.39 is 11.6 Å². The number of carbonyl (C=O) groups is 1. The summed E-state index contributed by atoms with van der Waals surface area (Å²) in [5.41, 5.74) is -1.02. The number of carboxylic acids is 1. The molecule has 0 aliphatic carbocycles. The molecular weight excluding hydrogens is 340 g/mol. The molecule has 0 aromatic heterocycles. The molecule has 4 heteroatoms. The predicted molar refractivity (Wildman–Crippen MR) is 111 cm³/mol. The average molecular weight is 385 g/mol. The second-order valence-electron chi connectivity index (χ2n) is 9.16. The van der Waals surface area contributed by atoms with Gasteiger partial charge in [-0.1, -0.05) is 96.8 Å². The van der Waals surface area contributed by atoms with Crippen molar-refractivity contribution in [2.45, 2.75) is 141 Å². The molecule has 1 aliphatic heterocycles. The quantitative estimate of drug-likeness (QED) is 0.213. The molecule has 0 aromatic carbocycles. The number of unbranched alkanes of at least 4 members (excludes halogenated alkanes) is 13. The first-order valence-corrected chi connectivity index (χ1v) is 11.5. The Morgan fingerprint density at radius 2 is 1.15 bits per heavy atom. The second kappa shape index (κ2) is 13.5. The molecule has 0 unspecified atom stereocenters. The van der Waals surface area contributed by atoms with Crippen LogP contribution in [0.25, 0.3) is 0 Å². The van der Waals surface area contributed by atoms with Crippen molar-refractivity contribution in [3.05, 3.63) is 0 Å². The van der Waals surface area contributed by atoms with Crippen LogP contribution in [0.3, 0.4) is 0 Å². The van der Waals surface area contributed by atoms with Gasteiger partial charge < -0.3 is 5.11 Å². The summed E-state index contributed by atoms with van der Waals surface area (Å²) in [7, 11) is 0. The van der Waals surface area contributed by atoms with E-state index in [-0.39, 0.29) is 12.0 Å². The molecule has 1 fully saturated rings. The summed E-state index contributed by atoms with van der Waals surface area (Å²) in [5, 5.41) is 8.98. The fraction of sp³-hybridized carbons (Fsp3) is 0.957. The summed E-state index contributed by atoms with van der Waals surface area (Å²) in [6.45, 7) is 6.15. The Labute approximate surface area is 167 Å². The van der Waals surface area contributed by atoms with Crippen molar-refractivity contribution < 1.29 is 19.7 Å². The Morgan fingerprint density at radius 3 is 1.59 bits per heavy atom. The Bertz CT molecular complexity index is 398. The second-order valence-corrected chi connectivity index (χ2v) is 9.16. The molecule has 4 nitrogen and oxygen atoms in total. The third kappa shape index (κ3) is 11.7. The minimum atomic E-state index is -0.832. The van der Waals surface area contributed by atoms with Crippen LogP contribution in [-0.2, 0) is 14.6 Å². The Kier molecular flexibility index (Phi) is 12.3. The van der Waals surface area contributed by atoms with Gasteiger partial charge in [0.1, 0.15) is 11.2 Å². The average Bonchev–Trinajstić information content (AvgIpc) is 2.89. The predicted octanol–water partition coefficient (Wildman–Crippen LogP) is 7.20. The zero-order chi connectivity index (χ0) is 20.0. The first-order valence-electron chi connectivity index (χ1n) is 11.5. The molecule has 1 aliphatic rings. The summed E-state index contributed by atoms with van der Waals surface area (Å²) in [5.74, 6) is -0.832. The monoisotopic (exact) mass is 384 g/mol. The highest BCUT2D eigenvalue weighted by Crippen LogP contribution is 2.40. The minimum absolute atomic E-state index is 0.00132. The van der Waals surface area contributed by atoms with Gasteiger partial charge in [0.2, 0.25) is 0 Å². The maximum Gasteiger partial charge on any atom is 0.306 e. The van der Waals surface area contributed by atoms with Crippen molar-refractivity contribution in [1.82, 2.24) is 0 Å². The zero-order valence-corrected chi connectivity index (χ0v) is 18.2. The number of rotatable bonds is 17. The van der Waals surface area contributed by atoms with Gasteiger partial charge in [0, 0.05) is 6.42 Å². The van der Waals surface area contributed by atoms with Crippen molar-refractivity contribution >= 4 is 5.97 Å². The molecule has 0 spiro atoms. The lowest BCUT2D eigenvalue weighted by Gasteiger charge is -2.21. The van der Waals surface area contributed by atoms with Crippen LogP contribution in [0.15, 0.2) is 0 Å². The summed E-state index contributed by atoms with van der Waals surface area (Å²) in [4.78, 5) is 21.8. The van der Waals surface area contributed by atoms with Crippen LogP contribution in [-0.4, -0.2) is 22.3 Å². The first kappa shape index (κ1) is 24.4. The van der Waals surface area contributed by atoms with Crippen LogP contribution in [0.5, 0.6) is 0 Å². The van der Waals surface area contributed by atoms with Crippen molar-refractivity contribution in [1.29, 1.82) is 0 Å². The molecule has 1 saturated heterocycles. The van der Waals surface area contributed by atoms with E-state index in [2.05, 4.69) is 6.92 Å². The molecule has 0 aromatic rings. The van der Waals surface area contributed by atoms with Crippen molar-refractivity contribution in [2.75, 3.05) is 0 Å². The van der Waals surface area contributed by atoms with Gasteiger partial charge in [-0.25, -0.2) is 9.78 Å². The number of hydrogen-bond acceptors (Lipinski definition) is 3. The van der Waals surface area contributed by atoms with E-state index in [1.165, 1.54) is 83.5 Å². The molecule has 0 radical (unpaired) electrons. The van der Waals surface area contributed by atoms with Gasteiger partial charge in [0.15, 0.2) is 0 Å².